The molecule has 2 heterocycles. The Bertz CT molecular complexity index is 467. The molecule has 1 aromatic heterocycles. The summed E-state index contributed by atoms with van der Waals surface area (Å²) in [5.74, 6) is 0.0132. The van der Waals surface area contributed by atoms with Gasteiger partial charge in [-0.1, -0.05) is 0 Å². The Morgan fingerprint density at radius 2 is 2.11 bits per heavy atom. The molecule has 1 aromatic rings. The summed E-state index contributed by atoms with van der Waals surface area (Å²) < 4.78 is 1.59. The minimum Gasteiger partial charge on any atom is -0.335 e. The lowest BCUT2D eigenvalue weighted by Crippen LogP contribution is -2.51. The van der Waals surface area contributed by atoms with Crippen LogP contribution >= 0.6 is 0 Å². The van der Waals surface area contributed by atoms with Gasteiger partial charge in [0.2, 0.25) is 0 Å². The quantitative estimate of drug-likeness (QED) is 0.743. The molecule has 2 rings (SSSR count). The first-order valence-corrected chi connectivity index (χ1v) is 6.04. The average Bonchev–Trinajstić information content (AvgIpc) is 2.83. The third-order valence-electron chi connectivity index (χ3n) is 3.38. The molecule has 1 unspecified atom stereocenters. The van der Waals surface area contributed by atoms with Crippen molar-refractivity contribution in [2.75, 3.05) is 26.2 Å². The molecule has 0 aliphatic carbocycles. The lowest BCUT2D eigenvalue weighted by atomic mass is 10.2. The second-order valence-corrected chi connectivity index (χ2v) is 4.47. The van der Waals surface area contributed by atoms with Crippen molar-refractivity contribution in [3.05, 3.63) is 18.0 Å². The Hall–Kier alpha value is -1.87. The van der Waals surface area contributed by atoms with Crippen molar-refractivity contribution >= 4 is 5.91 Å². The number of rotatable bonds is 2. The number of nitrogens with zero attached hydrogens (tertiary/aromatic N) is 5. The molecular formula is C12H17N5O. The van der Waals surface area contributed by atoms with Gasteiger partial charge < -0.3 is 4.90 Å². The normalized spacial score (nSPS) is 18.4. The van der Waals surface area contributed by atoms with Gasteiger partial charge in [0.15, 0.2) is 0 Å². The smallest absolute Gasteiger partial charge is 0.272 e. The molecule has 0 aromatic carbocycles. The highest BCUT2D eigenvalue weighted by atomic mass is 16.2. The van der Waals surface area contributed by atoms with Crippen LogP contribution in [-0.2, 0) is 7.05 Å². The second kappa shape index (κ2) is 5.19. The van der Waals surface area contributed by atoms with E-state index in [9.17, 15) is 4.79 Å². The SMILES string of the molecule is CC(C#N)N1CCN(C(=O)c2ccnn2C)CC1. The molecule has 0 bridgehead atoms. The van der Waals surface area contributed by atoms with E-state index in [4.69, 9.17) is 5.26 Å². The van der Waals surface area contributed by atoms with Crippen LogP contribution in [-0.4, -0.2) is 57.7 Å². The molecule has 1 aliphatic rings. The number of hydrogen-bond donors (Lipinski definition) is 0. The largest absolute Gasteiger partial charge is 0.335 e. The van der Waals surface area contributed by atoms with E-state index < -0.39 is 0 Å². The number of amides is 1. The van der Waals surface area contributed by atoms with Gasteiger partial charge in [-0.3, -0.25) is 14.4 Å². The van der Waals surface area contributed by atoms with Crippen LogP contribution in [0.3, 0.4) is 0 Å². The predicted molar refractivity (Wildman–Crippen MR) is 65.8 cm³/mol. The molecule has 0 saturated carbocycles. The molecule has 0 spiro atoms. The van der Waals surface area contributed by atoms with Crippen molar-refractivity contribution in [2.24, 2.45) is 7.05 Å². The summed E-state index contributed by atoms with van der Waals surface area (Å²) in [4.78, 5) is 16.1. The molecule has 0 N–H and O–H groups in total. The monoisotopic (exact) mass is 247 g/mol. The third-order valence-corrected chi connectivity index (χ3v) is 3.38. The maximum Gasteiger partial charge on any atom is 0.272 e. The van der Waals surface area contributed by atoms with Gasteiger partial charge in [0.05, 0.1) is 12.1 Å². The maximum absolute atomic E-state index is 12.2. The summed E-state index contributed by atoms with van der Waals surface area (Å²) in [6.45, 7) is 4.71. The van der Waals surface area contributed by atoms with Gasteiger partial charge in [-0.05, 0) is 13.0 Å². The molecule has 1 saturated heterocycles. The Balaban J connectivity index is 1.97. The number of aromatic nitrogens is 2. The number of carbonyl (C=O) groups is 1. The topological polar surface area (TPSA) is 65.2 Å². The summed E-state index contributed by atoms with van der Waals surface area (Å²) in [6, 6.07) is 3.87. The summed E-state index contributed by atoms with van der Waals surface area (Å²) in [5.41, 5.74) is 0.608. The predicted octanol–water partition coefficient (Wildman–Crippen LogP) is 0.0900. The van der Waals surface area contributed by atoms with E-state index in [1.54, 1.807) is 24.0 Å². The molecule has 6 heteroatoms. The van der Waals surface area contributed by atoms with Crippen molar-refractivity contribution < 1.29 is 4.79 Å². The molecule has 1 amide bonds. The molecule has 6 nitrogen and oxygen atoms in total. The zero-order chi connectivity index (χ0) is 13.1. The van der Waals surface area contributed by atoms with Gasteiger partial charge in [-0.2, -0.15) is 10.4 Å². The zero-order valence-corrected chi connectivity index (χ0v) is 10.7. The molecule has 0 radical (unpaired) electrons. The van der Waals surface area contributed by atoms with Crippen molar-refractivity contribution in [3.63, 3.8) is 0 Å². The van der Waals surface area contributed by atoms with Gasteiger partial charge in [0.25, 0.3) is 5.91 Å². The van der Waals surface area contributed by atoms with Crippen LogP contribution < -0.4 is 0 Å². The highest BCUT2D eigenvalue weighted by Crippen LogP contribution is 2.09. The minimum absolute atomic E-state index is 0.0132. The van der Waals surface area contributed by atoms with E-state index >= 15 is 0 Å². The van der Waals surface area contributed by atoms with Crippen LogP contribution in [0.4, 0.5) is 0 Å². The fourth-order valence-corrected chi connectivity index (χ4v) is 2.14. The van der Waals surface area contributed by atoms with Crippen LogP contribution in [0.5, 0.6) is 0 Å². The van der Waals surface area contributed by atoms with E-state index in [2.05, 4.69) is 16.1 Å². The highest BCUT2D eigenvalue weighted by molar-refractivity contribution is 5.92. The average molecular weight is 247 g/mol. The van der Waals surface area contributed by atoms with Crippen molar-refractivity contribution in [1.82, 2.24) is 19.6 Å². The van der Waals surface area contributed by atoms with Gasteiger partial charge in [0, 0.05) is 39.4 Å². The minimum atomic E-state index is -0.0843. The fraction of sp³-hybridized carbons (Fsp3) is 0.583. The van der Waals surface area contributed by atoms with Gasteiger partial charge >= 0.3 is 0 Å². The number of hydrogen-bond acceptors (Lipinski definition) is 4. The first-order valence-electron chi connectivity index (χ1n) is 6.04. The first kappa shape index (κ1) is 12.6. The molecular weight excluding hydrogens is 230 g/mol. The van der Waals surface area contributed by atoms with Crippen LogP contribution in [0.25, 0.3) is 0 Å². The molecule has 1 atom stereocenters. The van der Waals surface area contributed by atoms with Crippen LogP contribution in [0.1, 0.15) is 17.4 Å². The van der Waals surface area contributed by atoms with Crippen molar-refractivity contribution in [2.45, 2.75) is 13.0 Å². The second-order valence-electron chi connectivity index (χ2n) is 4.47. The number of aryl methyl sites for hydroxylation is 1. The molecule has 1 aliphatic heterocycles. The number of piperazine rings is 1. The number of carbonyl (C=O) groups excluding carboxylic acids is 1. The lowest BCUT2D eigenvalue weighted by molar-refractivity contribution is 0.0605. The van der Waals surface area contributed by atoms with Crippen molar-refractivity contribution in [1.29, 1.82) is 5.26 Å². The van der Waals surface area contributed by atoms with E-state index in [-0.39, 0.29) is 11.9 Å². The van der Waals surface area contributed by atoms with Crippen LogP contribution in [0, 0.1) is 11.3 Å². The molecule has 1 fully saturated rings. The lowest BCUT2D eigenvalue weighted by Gasteiger charge is -2.35. The van der Waals surface area contributed by atoms with Gasteiger partial charge in [-0.15, -0.1) is 0 Å². The van der Waals surface area contributed by atoms with Crippen molar-refractivity contribution in [3.8, 4) is 6.07 Å². The van der Waals surface area contributed by atoms with Crippen LogP contribution in [0.2, 0.25) is 0 Å². The van der Waals surface area contributed by atoms with Crippen LogP contribution in [0.15, 0.2) is 12.3 Å². The first-order chi connectivity index (χ1) is 8.63. The molecule has 96 valence electrons. The maximum atomic E-state index is 12.2. The highest BCUT2D eigenvalue weighted by Gasteiger charge is 2.25. The fourth-order valence-electron chi connectivity index (χ4n) is 2.14. The van der Waals surface area contributed by atoms with E-state index in [1.807, 2.05) is 11.8 Å². The van der Waals surface area contributed by atoms with Gasteiger partial charge in [-0.25, -0.2) is 0 Å². The van der Waals surface area contributed by atoms with E-state index in [0.29, 0.717) is 18.8 Å². The Kier molecular flexibility index (Phi) is 3.63. The summed E-state index contributed by atoms with van der Waals surface area (Å²) in [5, 5.41) is 12.9. The number of nitriles is 1. The zero-order valence-electron chi connectivity index (χ0n) is 10.7. The summed E-state index contributed by atoms with van der Waals surface area (Å²) in [7, 11) is 1.77. The third kappa shape index (κ3) is 2.36. The summed E-state index contributed by atoms with van der Waals surface area (Å²) in [6.07, 6.45) is 1.63. The standard InChI is InChI=1S/C12H17N5O/c1-10(9-13)16-5-7-17(8-6-16)12(18)11-3-4-14-15(11)2/h3-4,10H,5-8H2,1-2H3. The van der Waals surface area contributed by atoms with E-state index in [0.717, 1.165) is 13.1 Å². The Morgan fingerprint density at radius 1 is 1.44 bits per heavy atom. The van der Waals surface area contributed by atoms with Gasteiger partial charge in [0.1, 0.15) is 5.69 Å². The van der Waals surface area contributed by atoms with E-state index in [1.165, 1.54) is 0 Å². The summed E-state index contributed by atoms with van der Waals surface area (Å²) >= 11 is 0. The molecule has 18 heavy (non-hydrogen) atoms. The Morgan fingerprint density at radius 3 is 2.61 bits per heavy atom. The Labute approximate surface area is 106 Å².